The van der Waals surface area contributed by atoms with E-state index in [4.69, 9.17) is 11.0 Å². The quantitative estimate of drug-likeness (QED) is 0.440. The first-order valence-corrected chi connectivity index (χ1v) is 7.49. The van der Waals surface area contributed by atoms with Gasteiger partial charge < -0.3 is 11.1 Å². The molecule has 3 N–H and O–H groups in total. The summed E-state index contributed by atoms with van der Waals surface area (Å²) in [5.74, 6) is 0.473. The normalized spacial score (nSPS) is 18.5. The minimum absolute atomic E-state index is 0. The van der Waals surface area contributed by atoms with Gasteiger partial charge in [0.2, 0.25) is 0 Å². The number of nitrogens with one attached hydrogen (secondary N) is 1. The van der Waals surface area contributed by atoms with Gasteiger partial charge in [-0.15, -0.1) is 24.0 Å². The lowest BCUT2D eigenvalue weighted by molar-refractivity contribution is 0.267. The average molecular weight is 413 g/mol. The summed E-state index contributed by atoms with van der Waals surface area (Å²) >= 11 is 0. The van der Waals surface area contributed by atoms with Crippen LogP contribution in [0.4, 0.5) is 0 Å². The Morgan fingerprint density at radius 3 is 3.09 bits per heavy atom. The number of nitriles is 1. The fourth-order valence-electron chi connectivity index (χ4n) is 2.74. The van der Waals surface area contributed by atoms with Crippen LogP contribution in [0.15, 0.2) is 29.3 Å². The second kappa shape index (κ2) is 9.64. The Kier molecular flexibility index (Phi) is 8.20. The van der Waals surface area contributed by atoms with E-state index in [0.29, 0.717) is 24.1 Å². The fraction of sp³-hybridized carbons (Fsp3) is 0.500. The van der Waals surface area contributed by atoms with Crippen LogP contribution in [-0.4, -0.2) is 36.5 Å². The molecule has 120 valence electrons. The zero-order chi connectivity index (χ0) is 15.1. The second-order valence-corrected chi connectivity index (χ2v) is 5.32. The zero-order valence-corrected chi connectivity index (χ0v) is 15.3. The predicted molar refractivity (Wildman–Crippen MR) is 100 cm³/mol. The summed E-state index contributed by atoms with van der Waals surface area (Å²) in [5, 5.41) is 12.1. The molecule has 0 aromatic heterocycles. The fourth-order valence-corrected chi connectivity index (χ4v) is 2.74. The highest BCUT2D eigenvalue weighted by Crippen LogP contribution is 2.15. The molecular formula is C16H24IN5. The van der Waals surface area contributed by atoms with E-state index in [1.54, 1.807) is 6.07 Å². The van der Waals surface area contributed by atoms with Crippen LogP contribution in [0.3, 0.4) is 0 Å². The number of likely N-dealkylation sites (tertiary alicyclic amines) is 1. The molecule has 2 rings (SSSR count). The van der Waals surface area contributed by atoms with E-state index >= 15 is 0 Å². The van der Waals surface area contributed by atoms with E-state index < -0.39 is 0 Å². The van der Waals surface area contributed by atoms with Gasteiger partial charge in [0.05, 0.1) is 18.2 Å². The Morgan fingerprint density at radius 1 is 1.55 bits per heavy atom. The third-order valence-electron chi connectivity index (χ3n) is 3.91. The molecular weight excluding hydrogens is 389 g/mol. The number of rotatable bonds is 5. The highest BCUT2D eigenvalue weighted by atomic mass is 127. The summed E-state index contributed by atoms with van der Waals surface area (Å²) in [5.41, 5.74) is 7.56. The van der Waals surface area contributed by atoms with Crippen LogP contribution in [0.2, 0.25) is 0 Å². The van der Waals surface area contributed by atoms with Gasteiger partial charge in [0.15, 0.2) is 5.96 Å². The van der Waals surface area contributed by atoms with Gasteiger partial charge in [0.1, 0.15) is 0 Å². The molecule has 22 heavy (non-hydrogen) atoms. The molecule has 1 aliphatic heterocycles. The third kappa shape index (κ3) is 5.46. The maximum atomic E-state index is 8.87. The van der Waals surface area contributed by atoms with Crippen molar-refractivity contribution in [1.82, 2.24) is 10.2 Å². The van der Waals surface area contributed by atoms with Gasteiger partial charge in [0.25, 0.3) is 0 Å². The van der Waals surface area contributed by atoms with Crippen molar-refractivity contribution >= 4 is 29.9 Å². The molecule has 0 aliphatic carbocycles. The van der Waals surface area contributed by atoms with Gasteiger partial charge in [-0.05, 0) is 43.6 Å². The number of likely N-dealkylation sites (N-methyl/N-ethyl adjacent to an activating group) is 1. The predicted octanol–water partition coefficient (Wildman–Crippen LogP) is 2.06. The van der Waals surface area contributed by atoms with E-state index in [-0.39, 0.29) is 24.0 Å². The second-order valence-electron chi connectivity index (χ2n) is 5.32. The first-order valence-electron chi connectivity index (χ1n) is 7.49. The molecule has 1 saturated heterocycles. The lowest BCUT2D eigenvalue weighted by Crippen LogP contribution is -2.42. The molecule has 0 radical (unpaired) electrons. The number of nitrogens with zero attached hydrogens (tertiary/aromatic N) is 3. The first-order chi connectivity index (χ1) is 10.2. The monoisotopic (exact) mass is 413 g/mol. The van der Waals surface area contributed by atoms with E-state index in [9.17, 15) is 0 Å². The zero-order valence-electron chi connectivity index (χ0n) is 13.0. The summed E-state index contributed by atoms with van der Waals surface area (Å²) in [6.45, 7) is 5.81. The summed E-state index contributed by atoms with van der Waals surface area (Å²) < 4.78 is 0. The summed E-state index contributed by atoms with van der Waals surface area (Å²) in [6.07, 6.45) is 2.48. The molecule has 1 unspecified atom stereocenters. The van der Waals surface area contributed by atoms with Gasteiger partial charge in [-0.25, -0.2) is 4.99 Å². The van der Waals surface area contributed by atoms with Crippen molar-refractivity contribution in [2.75, 3.05) is 19.6 Å². The van der Waals surface area contributed by atoms with Crippen molar-refractivity contribution < 1.29 is 0 Å². The summed E-state index contributed by atoms with van der Waals surface area (Å²) in [6, 6.07) is 10.1. The number of nitrogens with two attached hydrogens (primary N) is 1. The van der Waals surface area contributed by atoms with Crippen LogP contribution < -0.4 is 11.1 Å². The van der Waals surface area contributed by atoms with Crippen molar-refractivity contribution in [3.05, 3.63) is 35.4 Å². The highest BCUT2D eigenvalue weighted by Gasteiger charge is 2.22. The van der Waals surface area contributed by atoms with Gasteiger partial charge in [-0.3, -0.25) is 4.90 Å². The van der Waals surface area contributed by atoms with E-state index in [0.717, 1.165) is 18.7 Å². The SMILES string of the molecule is CCN1CCCC1CNC(N)=NCc1cccc(C#N)c1.I. The maximum Gasteiger partial charge on any atom is 0.188 e. The topological polar surface area (TPSA) is 77.4 Å². The molecule has 1 aromatic rings. The third-order valence-corrected chi connectivity index (χ3v) is 3.91. The molecule has 5 nitrogen and oxygen atoms in total. The number of guanidine groups is 1. The molecule has 1 heterocycles. The number of hydrogen-bond acceptors (Lipinski definition) is 3. The molecule has 6 heteroatoms. The average Bonchev–Trinajstić information content (AvgIpc) is 2.98. The molecule has 0 bridgehead atoms. The van der Waals surface area contributed by atoms with E-state index in [2.05, 4.69) is 28.2 Å². The van der Waals surface area contributed by atoms with Gasteiger partial charge in [0, 0.05) is 12.6 Å². The number of hydrogen-bond donors (Lipinski definition) is 2. The van der Waals surface area contributed by atoms with Gasteiger partial charge in [-0.2, -0.15) is 5.26 Å². The van der Waals surface area contributed by atoms with Crippen LogP contribution in [0.25, 0.3) is 0 Å². The molecule has 0 amide bonds. The van der Waals surface area contributed by atoms with Crippen molar-refractivity contribution in [3.63, 3.8) is 0 Å². The molecule has 1 aromatic carbocycles. The van der Waals surface area contributed by atoms with Crippen molar-refractivity contribution in [2.45, 2.75) is 32.4 Å². The smallest absolute Gasteiger partial charge is 0.188 e. The lowest BCUT2D eigenvalue weighted by Gasteiger charge is -2.23. The minimum atomic E-state index is 0. The Hall–Kier alpha value is -1.33. The van der Waals surface area contributed by atoms with Crippen molar-refractivity contribution in [1.29, 1.82) is 5.26 Å². The Bertz CT molecular complexity index is 538. The molecule has 0 spiro atoms. The van der Waals surface area contributed by atoms with Crippen LogP contribution in [-0.2, 0) is 6.54 Å². The first kappa shape index (κ1) is 18.7. The Morgan fingerprint density at radius 2 is 2.36 bits per heavy atom. The van der Waals surface area contributed by atoms with Gasteiger partial charge in [-0.1, -0.05) is 19.1 Å². The lowest BCUT2D eigenvalue weighted by atomic mass is 10.1. The highest BCUT2D eigenvalue weighted by molar-refractivity contribution is 14.0. The minimum Gasteiger partial charge on any atom is -0.370 e. The summed E-state index contributed by atoms with van der Waals surface area (Å²) in [4.78, 5) is 6.81. The number of aliphatic imine (C=N–C) groups is 1. The molecule has 1 fully saturated rings. The van der Waals surface area contributed by atoms with E-state index in [1.807, 2.05) is 18.2 Å². The van der Waals surface area contributed by atoms with Crippen molar-refractivity contribution in [3.8, 4) is 6.07 Å². The molecule has 0 saturated carbocycles. The number of halogens is 1. The largest absolute Gasteiger partial charge is 0.370 e. The van der Waals surface area contributed by atoms with Crippen LogP contribution in [0, 0.1) is 11.3 Å². The van der Waals surface area contributed by atoms with Crippen LogP contribution in [0.5, 0.6) is 0 Å². The standard InChI is InChI=1S/C16H23N5.HI/c1-2-21-8-4-7-15(21)12-20-16(18)19-11-14-6-3-5-13(9-14)10-17;/h3,5-6,9,15H,2,4,7-8,11-12H2,1H3,(H3,18,19,20);1H. The Balaban J connectivity index is 0.00000242. The Labute approximate surface area is 149 Å². The maximum absolute atomic E-state index is 8.87. The van der Waals surface area contributed by atoms with Crippen LogP contribution in [0.1, 0.15) is 30.9 Å². The molecule has 1 atom stereocenters. The van der Waals surface area contributed by atoms with E-state index in [1.165, 1.54) is 19.4 Å². The van der Waals surface area contributed by atoms with Crippen LogP contribution >= 0.6 is 24.0 Å². The number of benzene rings is 1. The van der Waals surface area contributed by atoms with Gasteiger partial charge >= 0.3 is 0 Å². The van der Waals surface area contributed by atoms with Crippen molar-refractivity contribution in [2.24, 2.45) is 10.7 Å². The molecule has 1 aliphatic rings. The summed E-state index contributed by atoms with van der Waals surface area (Å²) in [7, 11) is 0.